The molecule has 3 aromatic carbocycles. The van der Waals surface area contributed by atoms with Gasteiger partial charge in [0, 0.05) is 36.6 Å². The number of ether oxygens (including phenoxy) is 10. The van der Waals surface area contributed by atoms with Crippen molar-refractivity contribution in [2.24, 2.45) is 5.11 Å². The zero-order valence-electron chi connectivity index (χ0n) is 37.2. The fourth-order valence-electron chi connectivity index (χ4n) is 7.54. The summed E-state index contributed by atoms with van der Waals surface area (Å²) in [5, 5.41) is 18.7. The Balaban J connectivity index is 1.15. The van der Waals surface area contributed by atoms with Crippen molar-refractivity contribution in [1.82, 2.24) is 10.3 Å². The molecule has 67 heavy (non-hydrogen) atoms. The van der Waals surface area contributed by atoms with Crippen molar-refractivity contribution in [2.75, 3.05) is 33.5 Å². The molecule has 2 aliphatic rings. The number of para-hydroxylation sites is 1. The first-order valence-corrected chi connectivity index (χ1v) is 21.3. The number of hydrogen-bond donors (Lipinski definition) is 3. The molecule has 0 saturated carbocycles. The van der Waals surface area contributed by atoms with Crippen LogP contribution in [0, 0.1) is 0 Å². The van der Waals surface area contributed by atoms with Gasteiger partial charge in [0.15, 0.2) is 12.4 Å². The predicted octanol–water partition coefficient (Wildman–Crippen LogP) is 3.73. The van der Waals surface area contributed by atoms with Crippen molar-refractivity contribution in [3.63, 3.8) is 0 Å². The summed E-state index contributed by atoms with van der Waals surface area (Å²) in [6, 6.07) is 23.0. The summed E-state index contributed by atoms with van der Waals surface area (Å²) in [7, 11) is 1.19. The molecular weight excluding hydrogens is 879 g/mol. The Morgan fingerprint density at radius 2 is 1.45 bits per heavy atom. The van der Waals surface area contributed by atoms with E-state index in [1.807, 2.05) is 60.7 Å². The van der Waals surface area contributed by atoms with Crippen LogP contribution in [-0.2, 0) is 86.2 Å². The first-order valence-electron chi connectivity index (χ1n) is 21.3. The van der Waals surface area contributed by atoms with Crippen LogP contribution in [-0.4, -0.2) is 135 Å². The van der Waals surface area contributed by atoms with Gasteiger partial charge in [0.1, 0.15) is 61.5 Å². The number of rotatable bonds is 21. The van der Waals surface area contributed by atoms with Crippen molar-refractivity contribution in [2.45, 2.75) is 102 Å². The lowest BCUT2D eigenvalue weighted by molar-refractivity contribution is -0.274. The number of esters is 4. The summed E-state index contributed by atoms with van der Waals surface area (Å²) >= 11 is 0. The summed E-state index contributed by atoms with van der Waals surface area (Å²) < 4.78 is 57.4. The quantitative estimate of drug-likeness (QED) is 0.0353. The monoisotopic (exact) mass is 931 g/mol. The SMILES string of the molecule is COC(=O)CO[C@@H]1C(N=[N+]=[N-])[C@H](OCCc2ccc(CO[C@@H]3C(NC(=O)c4cc5ccccc5[nH]4)C(OC(C)=O)OC(COC(C)=O)[C@@H]3OC(C)=O)cc2)OC(COCc2ccccc2)[C@@H]1O. The number of fused-ring (bicyclic) bond motifs is 1. The van der Waals surface area contributed by atoms with Crippen LogP contribution in [0.5, 0.6) is 0 Å². The lowest BCUT2D eigenvalue weighted by Crippen LogP contribution is -2.66. The highest BCUT2D eigenvalue weighted by molar-refractivity contribution is 5.98. The van der Waals surface area contributed by atoms with Gasteiger partial charge in [0.05, 0.1) is 33.5 Å². The normalized spacial score (nSPS) is 24.7. The molecular formula is C46H53N5O16. The molecule has 0 bridgehead atoms. The molecule has 3 heterocycles. The number of aliphatic hydroxyl groups is 1. The maximum absolute atomic E-state index is 13.8. The average molecular weight is 932 g/mol. The van der Waals surface area contributed by atoms with E-state index in [1.54, 1.807) is 24.3 Å². The first-order chi connectivity index (χ1) is 32.3. The number of aromatic amines is 1. The molecule has 3 N–H and O–H groups in total. The summed E-state index contributed by atoms with van der Waals surface area (Å²) in [5.74, 6) is -3.41. The van der Waals surface area contributed by atoms with E-state index in [9.17, 15) is 34.6 Å². The van der Waals surface area contributed by atoms with Crippen LogP contribution >= 0.6 is 0 Å². The molecule has 2 aliphatic heterocycles. The highest BCUT2D eigenvalue weighted by Crippen LogP contribution is 2.31. The Kier molecular flexibility index (Phi) is 18.2. The number of nitrogens with one attached hydrogen (secondary N) is 2. The molecule has 1 amide bonds. The third kappa shape index (κ3) is 14.0. The number of amides is 1. The van der Waals surface area contributed by atoms with Crippen LogP contribution in [0.1, 0.15) is 48.0 Å². The van der Waals surface area contributed by atoms with Gasteiger partial charge >= 0.3 is 23.9 Å². The number of aromatic nitrogens is 1. The van der Waals surface area contributed by atoms with Gasteiger partial charge in [0.2, 0.25) is 6.29 Å². The third-order valence-corrected chi connectivity index (χ3v) is 10.7. The van der Waals surface area contributed by atoms with Crippen molar-refractivity contribution in [1.29, 1.82) is 0 Å². The fourth-order valence-corrected chi connectivity index (χ4v) is 7.54. The van der Waals surface area contributed by atoms with E-state index in [0.717, 1.165) is 23.4 Å². The lowest BCUT2D eigenvalue weighted by Gasteiger charge is -2.45. The van der Waals surface area contributed by atoms with Gasteiger partial charge in [-0.25, -0.2) is 4.79 Å². The first kappa shape index (κ1) is 50.0. The van der Waals surface area contributed by atoms with Crippen molar-refractivity contribution in [3.8, 4) is 0 Å². The van der Waals surface area contributed by atoms with E-state index in [2.05, 4.69) is 20.3 Å². The molecule has 6 rings (SSSR count). The lowest BCUT2D eigenvalue weighted by atomic mass is 9.95. The van der Waals surface area contributed by atoms with Crippen molar-refractivity contribution in [3.05, 3.63) is 118 Å². The topological polar surface area (TPSA) is 274 Å². The molecule has 0 spiro atoms. The minimum Gasteiger partial charge on any atom is -0.467 e. The second-order valence-corrected chi connectivity index (χ2v) is 15.6. The molecule has 4 aromatic rings. The zero-order chi connectivity index (χ0) is 47.9. The number of carbonyl (C=O) groups excluding carboxylic acids is 5. The van der Waals surface area contributed by atoms with Gasteiger partial charge in [-0.3, -0.25) is 19.2 Å². The molecule has 5 unspecified atom stereocenters. The minimum atomic E-state index is -1.47. The highest BCUT2D eigenvalue weighted by atomic mass is 16.7. The Morgan fingerprint density at radius 3 is 2.13 bits per heavy atom. The van der Waals surface area contributed by atoms with Gasteiger partial charge in [0.25, 0.3) is 5.91 Å². The number of carbonyl (C=O) groups is 5. The number of methoxy groups -OCH3 is 1. The molecule has 0 aliphatic carbocycles. The Morgan fingerprint density at radius 1 is 0.761 bits per heavy atom. The summed E-state index contributed by atoms with van der Waals surface area (Å²) in [4.78, 5) is 68.5. The minimum absolute atomic E-state index is 0.0561. The van der Waals surface area contributed by atoms with Gasteiger partial charge in [-0.1, -0.05) is 77.9 Å². The van der Waals surface area contributed by atoms with Gasteiger partial charge in [-0.2, -0.15) is 0 Å². The smallest absolute Gasteiger partial charge is 0.331 e. The second kappa shape index (κ2) is 24.4. The Hall–Kier alpha value is -6.42. The van der Waals surface area contributed by atoms with Crippen LogP contribution in [0.3, 0.4) is 0 Å². The fraction of sp³-hybridized carbons (Fsp3) is 0.457. The Labute approximate surface area is 384 Å². The van der Waals surface area contributed by atoms with Crippen LogP contribution < -0.4 is 5.32 Å². The Bertz CT molecular complexity index is 2310. The van der Waals surface area contributed by atoms with E-state index < -0.39 is 104 Å². The van der Waals surface area contributed by atoms with Gasteiger partial charge in [-0.15, -0.1) is 0 Å². The highest BCUT2D eigenvalue weighted by Gasteiger charge is 2.51. The third-order valence-electron chi connectivity index (χ3n) is 10.7. The summed E-state index contributed by atoms with van der Waals surface area (Å²) in [5.41, 5.74) is 12.7. The van der Waals surface area contributed by atoms with E-state index in [-0.39, 0.29) is 32.1 Å². The zero-order valence-corrected chi connectivity index (χ0v) is 37.2. The van der Waals surface area contributed by atoms with E-state index >= 15 is 0 Å². The van der Waals surface area contributed by atoms with E-state index in [1.165, 1.54) is 21.0 Å². The maximum Gasteiger partial charge on any atom is 0.331 e. The van der Waals surface area contributed by atoms with Crippen molar-refractivity contribution < 1.29 is 76.4 Å². The van der Waals surface area contributed by atoms with Crippen molar-refractivity contribution >= 4 is 40.7 Å². The number of hydrogen-bond acceptors (Lipinski definition) is 17. The summed E-state index contributed by atoms with van der Waals surface area (Å²) in [6.45, 7) is 2.70. The summed E-state index contributed by atoms with van der Waals surface area (Å²) in [6.07, 6.45) is -9.53. The van der Waals surface area contributed by atoms with Crippen LogP contribution in [0.25, 0.3) is 21.3 Å². The molecule has 2 fully saturated rings. The van der Waals surface area contributed by atoms with E-state index in [0.29, 0.717) is 17.5 Å². The van der Waals surface area contributed by atoms with E-state index in [4.69, 9.17) is 47.4 Å². The standard InChI is InChI=1S/C46H53N5O16/c1-26(52)61-24-36-41(64-27(2)53)43(38(46(67-36)65-28(3)54)49-44(57)34-20-32-12-8-9-13-33(32)48-34)62-22-31-16-14-29(15-17-31)18-19-60-45-39(50-51-47)42(63-25-37(55)58-4)40(56)35(66-45)23-59-21-30-10-6-5-7-11-30/h5-17,20,35-36,38-43,45-46,48,56H,18-19,21-25H2,1-4H3,(H,49,57)/t35?,36?,38?,39?,40-,41-,42+,43+,45+,46?/m0/s1. The molecule has 0 radical (unpaired) electrons. The number of H-pyrrole nitrogens is 1. The number of benzene rings is 3. The average Bonchev–Trinajstić information content (AvgIpc) is 3.75. The molecule has 2 saturated heterocycles. The molecule has 10 atom stereocenters. The molecule has 21 heteroatoms. The number of azide groups is 1. The second-order valence-electron chi connectivity index (χ2n) is 15.6. The van der Waals surface area contributed by atoms with Crippen LogP contribution in [0.2, 0.25) is 0 Å². The number of nitrogens with zero attached hydrogens (tertiary/aromatic N) is 3. The van der Waals surface area contributed by atoms with Gasteiger partial charge < -0.3 is 62.8 Å². The van der Waals surface area contributed by atoms with Crippen LogP contribution in [0.4, 0.5) is 0 Å². The predicted molar refractivity (Wildman–Crippen MR) is 232 cm³/mol. The maximum atomic E-state index is 13.8. The molecule has 358 valence electrons. The largest absolute Gasteiger partial charge is 0.467 e. The van der Waals surface area contributed by atoms with Gasteiger partial charge in [-0.05, 0) is 40.8 Å². The number of aliphatic hydroxyl groups excluding tert-OH is 1. The molecule has 1 aromatic heterocycles. The van der Waals surface area contributed by atoms with Crippen LogP contribution in [0.15, 0.2) is 90.0 Å². The molecule has 21 nitrogen and oxygen atoms in total.